The van der Waals surface area contributed by atoms with E-state index in [4.69, 9.17) is 0 Å². The van der Waals surface area contributed by atoms with Crippen LogP contribution in [0.25, 0.3) is 12.2 Å². The summed E-state index contributed by atoms with van der Waals surface area (Å²) in [7, 11) is 0. The third-order valence-corrected chi connectivity index (χ3v) is 6.00. The number of nitrogens with one attached hydrogen (secondary N) is 1. The monoisotopic (exact) mass is 415 g/mol. The van der Waals surface area contributed by atoms with Gasteiger partial charge in [0.1, 0.15) is 0 Å². The van der Waals surface area contributed by atoms with Gasteiger partial charge < -0.3 is 15.3 Å². The Balaban J connectivity index is 1.26. The third-order valence-electron chi connectivity index (χ3n) is 6.00. The van der Waals surface area contributed by atoms with Crippen molar-refractivity contribution in [2.75, 3.05) is 42.9 Å². The molecule has 4 nitrogen and oxygen atoms in total. The number of aliphatic hydroxyl groups is 1. The molecule has 2 N–H and O–H groups in total. The topological polar surface area (TPSA) is 38.7 Å². The maximum atomic E-state index is 10.5. The highest BCUT2D eigenvalue weighted by Crippen LogP contribution is 2.25. The van der Waals surface area contributed by atoms with E-state index in [1.807, 2.05) is 18.2 Å². The number of β-amino-alcohol motifs (C(OH)–C–C–N with tert-alkyl or cyclic N) is 1. The van der Waals surface area contributed by atoms with Gasteiger partial charge in [-0.15, -0.1) is 0 Å². The van der Waals surface area contributed by atoms with Gasteiger partial charge in [-0.05, 0) is 53.5 Å². The molecular weight excluding hydrogens is 382 g/mol. The number of allylic oxidation sites excluding steroid dienone is 1. The zero-order valence-corrected chi connectivity index (χ0v) is 18.4. The van der Waals surface area contributed by atoms with Gasteiger partial charge in [0.15, 0.2) is 0 Å². The van der Waals surface area contributed by atoms with E-state index in [2.05, 4.69) is 77.2 Å². The molecule has 0 amide bonds. The SMILES string of the molecule is C=C1C=Cc2cc(/C=C/C(O)CN3CCN(c4ccc(CCC)cc4)CC3)ccc2N1. The molecule has 1 fully saturated rings. The number of benzene rings is 2. The van der Waals surface area contributed by atoms with Crippen molar-refractivity contribution in [3.05, 3.63) is 83.6 Å². The minimum Gasteiger partial charge on any atom is -0.388 e. The fourth-order valence-corrected chi connectivity index (χ4v) is 4.24. The highest BCUT2D eigenvalue weighted by Gasteiger charge is 2.18. The van der Waals surface area contributed by atoms with Gasteiger partial charge >= 0.3 is 0 Å². The molecule has 162 valence electrons. The summed E-state index contributed by atoms with van der Waals surface area (Å²) in [6.07, 6.45) is 9.82. The standard InChI is InChI=1S/C27H33N3O/c1-3-4-22-6-11-25(12-7-22)30-17-15-29(16-18-30)20-26(31)13-8-23-9-14-27-24(19-23)10-5-21(2)28-27/h5-14,19,26,28,31H,2-4,15-18,20H2,1H3/b13-8+. The number of piperazine rings is 1. The zero-order valence-electron chi connectivity index (χ0n) is 18.4. The van der Waals surface area contributed by atoms with Gasteiger partial charge in [0, 0.05) is 49.8 Å². The first-order valence-corrected chi connectivity index (χ1v) is 11.3. The van der Waals surface area contributed by atoms with Crippen molar-refractivity contribution >= 4 is 23.5 Å². The van der Waals surface area contributed by atoms with Crippen LogP contribution in [0.1, 0.15) is 30.0 Å². The summed E-state index contributed by atoms with van der Waals surface area (Å²) in [5.74, 6) is 0. The van der Waals surface area contributed by atoms with Crippen molar-refractivity contribution in [2.24, 2.45) is 0 Å². The lowest BCUT2D eigenvalue weighted by molar-refractivity contribution is 0.142. The molecule has 0 aliphatic carbocycles. The molecular formula is C27H33N3O. The molecule has 2 aromatic carbocycles. The predicted octanol–water partition coefficient (Wildman–Crippen LogP) is 4.79. The summed E-state index contributed by atoms with van der Waals surface area (Å²) in [4.78, 5) is 4.79. The van der Waals surface area contributed by atoms with Crippen molar-refractivity contribution in [2.45, 2.75) is 25.9 Å². The van der Waals surface area contributed by atoms with Crippen molar-refractivity contribution in [1.29, 1.82) is 0 Å². The fraction of sp³-hybridized carbons (Fsp3) is 0.333. The Morgan fingerprint density at radius 2 is 1.84 bits per heavy atom. The summed E-state index contributed by atoms with van der Waals surface area (Å²) < 4.78 is 0. The van der Waals surface area contributed by atoms with Gasteiger partial charge in [-0.2, -0.15) is 0 Å². The number of aliphatic hydroxyl groups excluding tert-OH is 1. The molecule has 1 atom stereocenters. The van der Waals surface area contributed by atoms with Crippen LogP contribution in [0, 0.1) is 0 Å². The number of rotatable bonds is 7. The van der Waals surface area contributed by atoms with Gasteiger partial charge in [-0.3, -0.25) is 4.90 Å². The van der Waals surface area contributed by atoms with Crippen LogP contribution in [0.15, 0.2) is 66.9 Å². The van der Waals surface area contributed by atoms with Crippen molar-refractivity contribution in [3.8, 4) is 0 Å². The summed E-state index contributed by atoms with van der Waals surface area (Å²) in [5, 5.41) is 13.8. The lowest BCUT2D eigenvalue weighted by atomic mass is 10.0. The average Bonchev–Trinajstić information content (AvgIpc) is 2.79. The summed E-state index contributed by atoms with van der Waals surface area (Å²) in [6, 6.07) is 15.2. The molecule has 1 unspecified atom stereocenters. The van der Waals surface area contributed by atoms with Crippen molar-refractivity contribution in [3.63, 3.8) is 0 Å². The Morgan fingerprint density at radius 3 is 2.58 bits per heavy atom. The zero-order chi connectivity index (χ0) is 21.6. The van der Waals surface area contributed by atoms with Gasteiger partial charge in [0.2, 0.25) is 0 Å². The Bertz CT molecular complexity index is 953. The molecule has 2 aromatic rings. The Kier molecular flexibility index (Phi) is 6.90. The van der Waals surface area contributed by atoms with Crippen LogP contribution in [-0.4, -0.2) is 48.8 Å². The first-order chi connectivity index (χ1) is 15.1. The van der Waals surface area contributed by atoms with E-state index in [1.165, 1.54) is 17.7 Å². The van der Waals surface area contributed by atoms with Crippen LogP contribution in [0.3, 0.4) is 0 Å². The van der Waals surface area contributed by atoms with E-state index >= 15 is 0 Å². The molecule has 2 aliphatic rings. The molecule has 0 radical (unpaired) electrons. The minimum absolute atomic E-state index is 0.468. The smallest absolute Gasteiger partial charge is 0.0851 e. The van der Waals surface area contributed by atoms with Crippen LogP contribution < -0.4 is 10.2 Å². The first kappa shape index (κ1) is 21.4. The Labute approximate surface area is 186 Å². The third kappa shape index (κ3) is 5.66. The molecule has 1 saturated heterocycles. The number of hydrogen-bond donors (Lipinski definition) is 2. The molecule has 0 saturated carbocycles. The van der Waals surface area contributed by atoms with E-state index in [0.717, 1.165) is 55.1 Å². The second-order valence-corrected chi connectivity index (χ2v) is 8.46. The quantitative estimate of drug-likeness (QED) is 0.682. The fourth-order valence-electron chi connectivity index (χ4n) is 4.24. The summed E-state index contributed by atoms with van der Waals surface area (Å²) in [6.45, 7) is 10.8. The van der Waals surface area contributed by atoms with E-state index < -0.39 is 6.10 Å². The first-order valence-electron chi connectivity index (χ1n) is 11.3. The lowest BCUT2D eigenvalue weighted by Gasteiger charge is -2.36. The Morgan fingerprint density at radius 1 is 1.06 bits per heavy atom. The second kappa shape index (κ2) is 9.99. The highest BCUT2D eigenvalue weighted by molar-refractivity contribution is 5.76. The molecule has 0 bridgehead atoms. The van der Waals surface area contributed by atoms with Crippen molar-refractivity contribution in [1.82, 2.24) is 4.90 Å². The van der Waals surface area contributed by atoms with Crippen LogP contribution >= 0.6 is 0 Å². The van der Waals surface area contributed by atoms with Crippen LogP contribution in [0.5, 0.6) is 0 Å². The number of nitrogens with zero attached hydrogens (tertiary/aromatic N) is 2. The molecule has 0 aromatic heterocycles. The Hall–Kier alpha value is -2.82. The molecule has 31 heavy (non-hydrogen) atoms. The predicted molar refractivity (Wildman–Crippen MR) is 132 cm³/mol. The van der Waals surface area contributed by atoms with Crippen LogP contribution in [0.2, 0.25) is 0 Å². The molecule has 2 aliphatic heterocycles. The van der Waals surface area contributed by atoms with Gasteiger partial charge in [0.05, 0.1) is 6.10 Å². The number of anilines is 2. The normalized spacial score (nSPS) is 17.6. The van der Waals surface area contributed by atoms with E-state index in [9.17, 15) is 5.11 Å². The summed E-state index contributed by atoms with van der Waals surface area (Å²) in [5.41, 5.74) is 6.93. The van der Waals surface area contributed by atoms with E-state index in [0.29, 0.717) is 6.54 Å². The molecule has 2 heterocycles. The molecule has 4 heteroatoms. The van der Waals surface area contributed by atoms with Gasteiger partial charge in [-0.1, -0.05) is 56.4 Å². The van der Waals surface area contributed by atoms with Gasteiger partial charge in [-0.25, -0.2) is 0 Å². The van der Waals surface area contributed by atoms with E-state index in [-0.39, 0.29) is 0 Å². The van der Waals surface area contributed by atoms with Crippen LogP contribution in [-0.2, 0) is 6.42 Å². The number of fused-ring (bicyclic) bond motifs is 1. The largest absolute Gasteiger partial charge is 0.388 e. The van der Waals surface area contributed by atoms with Crippen molar-refractivity contribution < 1.29 is 5.11 Å². The average molecular weight is 416 g/mol. The highest BCUT2D eigenvalue weighted by atomic mass is 16.3. The van der Waals surface area contributed by atoms with Gasteiger partial charge in [0.25, 0.3) is 0 Å². The maximum absolute atomic E-state index is 10.5. The number of aryl methyl sites for hydroxylation is 1. The number of hydrogen-bond acceptors (Lipinski definition) is 4. The van der Waals surface area contributed by atoms with Crippen LogP contribution in [0.4, 0.5) is 11.4 Å². The second-order valence-electron chi connectivity index (χ2n) is 8.46. The van der Waals surface area contributed by atoms with E-state index in [1.54, 1.807) is 0 Å². The molecule has 4 rings (SSSR count). The minimum atomic E-state index is -0.468. The lowest BCUT2D eigenvalue weighted by Crippen LogP contribution is -2.48. The summed E-state index contributed by atoms with van der Waals surface area (Å²) >= 11 is 0. The molecule has 0 spiro atoms. The maximum Gasteiger partial charge on any atom is 0.0851 e.